The summed E-state index contributed by atoms with van der Waals surface area (Å²) in [6, 6.07) is 16.9. The Kier molecular flexibility index (Phi) is 5.55. The molecule has 5 nitrogen and oxygen atoms in total. The number of carbonyl (C=O) groups excluding carboxylic acids is 1. The average molecular weight is 349 g/mol. The largest absolute Gasteiger partial charge is 0.388 e. The molecule has 0 aliphatic carbocycles. The molecular weight excluding hydrogens is 326 g/mol. The van der Waals surface area contributed by atoms with E-state index in [2.05, 4.69) is 11.4 Å². The highest BCUT2D eigenvalue weighted by molar-refractivity contribution is 5.90. The number of nitriles is 1. The van der Waals surface area contributed by atoms with Crippen molar-refractivity contribution in [1.82, 2.24) is 4.90 Å². The van der Waals surface area contributed by atoms with Gasteiger partial charge in [-0.3, -0.25) is 0 Å². The number of piperidine rings is 1. The molecule has 26 heavy (non-hydrogen) atoms. The van der Waals surface area contributed by atoms with E-state index in [1.54, 1.807) is 17.0 Å². The molecule has 0 spiro atoms. The molecule has 1 saturated heterocycles. The Hall–Kier alpha value is -2.84. The van der Waals surface area contributed by atoms with E-state index >= 15 is 0 Å². The summed E-state index contributed by atoms with van der Waals surface area (Å²) in [4.78, 5) is 14.3. The summed E-state index contributed by atoms with van der Waals surface area (Å²) in [6.07, 6.45) is 1.04. The number of nitrogens with one attached hydrogen (secondary N) is 1. The molecule has 2 aromatic carbocycles. The van der Waals surface area contributed by atoms with Gasteiger partial charge in [0.25, 0.3) is 0 Å². The fourth-order valence-electron chi connectivity index (χ4n) is 3.36. The first-order valence-corrected chi connectivity index (χ1v) is 8.88. The van der Waals surface area contributed by atoms with Crippen molar-refractivity contribution in [3.63, 3.8) is 0 Å². The van der Waals surface area contributed by atoms with Crippen molar-refractivity contribution in [1.29, 1.82) is 5.26 Å². The number of rotatable bonds is 3. The van der Waals surface area contributed by atoms with Gasteiger partial charge in [-0.15, -0.1) is 0 Å². The molecule has 2 aromatic rings. The second kappa shape index (κ2) is 8.03. The Labute approximate surface area is 153 Å². The number of anilines is 1. The van der Waals surface area contributed by atoms with Gasteiger partial charge in [0.1, 0.15) is 0 Å². The number of aliphatic hydroxyl groups is 1. The van der Waals surface area contributed by atoms with Crippen LogP contribution in [0.4, 0.5) is 10.5 Å². The van der Waals surface area contributed by atoms with E-state index < -0.39 is 6.10 Å². The summed E-state index contributed by atoms with van der Waals surface area (Å²) in [5.74, 6) is 0.158. The Morgan fingerprint density at radius 3 is 2.58 bits per heavy atom. The van der Waals surface area contributed by atoms with Gasteiger partial charge in [-0.2, -0.15) is 5.26 Å². The van der Waals surface area contributed by atoms with Crippen molar-refractivity contribution in [3.8, 4) is 6.07 Å². The molecule has 134 valence electrons. The molecule has 5 heteroatoms. The lowest BCUT2D eigenvalue weighted by atomic mass is 9.87. The molecule has 2 amide bonds. The predicted molar refractivity (Wildman–Crippen MR) is 101 cm³/mol. The van der Waals surface area contributed by atoms with Gasteiger partial charge in [0.15, 0.2) is 0 Å². The Bertz CT molecular complexity index is 806. The van der Waals surface area contributed by atoms with Gasteiger partial charge < -0.3 is 15.3 Å². The average Bonchev–Trinajstić information content (AvgIpc) is 2.70. The van der Waals surface area contributed by atoms with Crippen LogP contribution in [0, 0.1) is 24.2 Å². The first-order valence-electron chi connectivity index (χ1n) is 8.88. The van der Waals surface area contributed by atoms with Crippen molar-refractivity contribution in [2.45, 2.75) is 25.9 Å². The molecule has 1 atom stereocenters. The quantitative estimate of drug-likeness (QED) is 0.884. The number of carbonyl (C=O) groups is 1. The predicted octanol–water partition coefficient (Wildman–Crippen LogP) is 3.84. The standard InChI is InChI=1S/C21H23N3O2/c1-15-7-8-16(14-22)13-19(15)23-21(26)24-11-9-18(10-12-24)20(25)17-5-3-2-4-6-17/h2-8,13,18,20,25H,9-12H2,1H3,(H,23,26). The highest BCUT2D eigenvalue weighted by atomic mass is 16.3. The van der Waals surface area contributed by atoms with Crippen LogP contribution < -0.4 is 5.32 Å². The maximum atomic E-state index is 12.5. The summed E-state index contributed by atoms with van der Waals surface area (Å²) in [6.45, 7) is 3.12. The molecule has 1 unspecified atom stereocenters. The zero-order valence-electron chi connectivity index (χ0n) is 14.9. The van der Waals surface area contributed by atoms with E-state index in [9.17, 15) is 9.90 Å². The number of urea groups is 1. The van der Waals surface area contributed by atoms with E-state index in [1.807, 2.05) is 43.3 Å². The second-order valence-corrected chi connectivity index (χ2v) is 6.75. The minimum absolute atomic E-state index is 0.157. The van der Waals surface area contributed by atoms with Crippen molar-refractivity contribution in [3.05, 3.63) is 65.2 Å². The van der Waals surface area contributed by atoms with E-state index in [0.29, 0.717) is 24.3 Å². The molecule has 1 aliphatic heterocycles. The Morgan fingerprint density at radius 2 is 1.92 bits per heavy atom. The summed E-state index contributed by atoms with van der Waals surface area (Å²) in [5, 5.41) is 22.5. The van der Waals surface area contributed by atoms with Crippen LogP contribution >= 0.6 is 0 Å². The molecule has 0 radical (unpaired) electrons. The van der Waals surface area contributed by atoms with Crippen molar-refractivity contribution >= 4 is 11.7 Å². The first-order chi connectivity index (χ1) is 12.6. The van der Waals surface area contributed by atoms with E-state index in [-0.39, 0.29) is 11.9 Å². The maximum Gasteiger partial charge on any atom is 0.321 e. The highest BCUT2D eigenvalue weighted by Gasteiger charge is 2.28. The third-order valence-corrected chi connectivity index (χ3v) is 5.02. The molecule has 3 rings (SSSR count). The van der Waals surface area contributed by atoms with E-state index in [4.69, 9.17) is 5.26 Å². The van der Waals surface area contributed by atoms with Crippen LogP contribution in [-0.4, -0.2) is 29.1 Å². The monoisotopic (exact) mass is 349 g/mol. The summed E-state index contributed by atoms with van der Waals surface area (Å²) in [7, 11) is 0. The molecule has 0 saturated carbocycles. The van der Waals surface area contributed by atoms with Gasteiger partial charge in [-0.05, 0) is 48.9 Å². The van der Waals surface area contributed by atoms with Gasteiger partial charge in [0, 0.05) is 18.8 Å². The number of aliphatic hydroxyl groups excluding tert-OH is 1. The van der Waals surface area contributed by atoms with Crippen molar-refractivity contribution < 1.29 is 9.90 Å². The molecule has 1 fully saturated rings. The minimum atomic E-state index is -0.490. The third-order valence-electron chi connectivity index (χ3n) is 5.02. The number of aryl methyl sites for hydroxylation is 1. The van der Waals surface area contributed by atoms with Gasteiger partial charge in [-0.1, -0.05) is 36.4 Å². The SMILES string of the molecule is Cc1ccc(C#N)cc1NC(=O)N1CCC(C(O)c2ccccc2)CC1. The molecule has 0 aromatic heterocycles. The maximum absolute atomic E-state index is 12.5. The minimum Gasteiger partial charge on any atom is -0.388 e. The van der Waals surface area contributed by atoms with E-state index in [1.165, 1.54) is 0 Å². The number of likely N-dealkylation sites (tertiary alicyclic amines) is 1. The van der Waals surface area contributed by atoms with Crippen LogP contribution in [0.3, 0.4) is 0 Å². The van der Waals surface area contributed by atoms with Gasteiger partial charge >= 0.3 is 6.03 Å². The summed E-state index contributed by atoms with van der Waals surface area (Å²) < 4.78 is 0. The van der Waals surface area contributed by atoms with Crippen molar-refractivity contribution in [2.75, 3.05) is 18.4 Å². The van der Waals surface area contributed by atoms with Gasteiger partial charge in [0.2, 0.25) is 0 Å². The number of nitrogens with zero attached hydrogens (tertiary/aromatic N) is 2. The Morgan fingerprint density at radius 1 is 1.23 bits per heavy atom. The molecule has 2 N–H and O–H groups in total. The Balaban J connectivity index is 1.58. The zero-order chi connectivity index (χ0) is 18.5. The first kappa shape index (κ1) is 18.0. The second-order valence-electron chi connectivity index (χ2n) is 6.75. The number of amides is 2. The van der Waals surface area contributed by atoms with Gasteiger partial charge in [-0.25, -0.2) is 4.79 Å². The van der Waals surface area contributed by atoms with E-state index in [0.717, 1.165) is 24.0 Å². The number of hydrogen-bond donors (Lipinski definition) is 2. The molecule has 0 bridgehead atoms. The smallest absolute Gasteiger partial charge is 0.321 e. The lowest BCUT2D eigenvalue weighted by Crippen LogP contribution is -2.42. The highest BCUT2D eigenvalue weighted by Crippen LogP contribution is 2.30. The van der Waals surface area contributed by atoms with Crippen LogP contribution in [-0.2, 0) is 0 Å². The summed E-state index contributed by atoms with van der Waals surface area (Å²) in [5.41, 5.74) is 3.04. The third kappa shape index (κ3) is 4.04. The topological polar surface area (TPSA) is 76.4 Å². The number of hydrogen-bond acceptors (Lipinski definition) is 3. The van der Waals surface area contributed by atoms with Crippen LogP contribution in [0.25, 0.3) is 0 Å². The van der Waals surface area contributed by atoms with Crippen LogP contribution in [0.1, 0.15) is 35.6 Å². The summed E-state index contributed by atoms with van der Waals surface area (Å²) >= 11 is 0. The fourth-order valence-corrected chi connectivity index (χ4v) is 3.36. The zero-order valence-corrected chi connectivity index (χ0v) is 14.9. The fraction of sp³-hybridized carbons (Fsp3) is 0.333. The number of benzene rings is 2. The van der Waals surface area contributed by atoms with Gasteiger partial charge in [0.05, 0.1) is 17.7 Å². The molecule has 1 heterocycles. The van der Waals surface area contributed by atoms with Crippen molar-refractivity contribution in [2.24, 2.45) is 5.92 Å². The van der Waals surface area contributed by atoms with Crippen LogP contribution in [0.2, 0.25) is 0 Å². The normalized spacial score (nSPS) is 16.0. The molecule has 1 aliphatic rings. The lowest BCUT2D eigenvalue weighted by molar-refractivity contribution is 0.0683. The van der Waals surface area contributed by atoms with Crippen LogP contribution in [0.5, 0.6) is 0 Å². The van der Waals surface area contributed by atoms with Crippen LogP contribution in [0.15, 0.2) is 48.5 Å². The lowest BCUT2D eigenvalue weighted by Gasteiger charge is -2.34. The molecular formula is C21H23N3O2.